The van der Waals surface area contributed by atoms with Crippen LogP contribution in [0.25, 0.3) is 0 Å². The Morgan fingerprint density at radius 1 is 0.929 bits per heavy atom. The molecule has 0 aliphatic carbocycles. The maximum atomic E-state index is 12.5. The molecule has 0 spiro atoms. The Kier molecular flexibility index (Phi) is 6.09. The first-order valence-corrected chi connectivity index (χ1v) is 9.41. The van der Waals surface area contributed by atoms with Gasteiger partial charge in [0.25, 0.3) is 5.91 Å². The minimum Gasteiger partial charge on any atom is -0.484 e. The normalized spacial score (nSPS) is 12.2. The average Bonchev–Trinajstić information content (AvgIpc) is 2.71. The first-order chi connectivity index (χ1) is 13.4. The van der Waals surface area contributed by atoms with Crippen molar-refractivity contribution in [1.82, 2.24) is 10.3 Å². The Morgan fingerprint density at radius 2 is 1.54 bits per heavy atom. The highest BCUT2D eigenvalue weighted by molar-refractivity contribution is 5.78. The molecule has 1 unspecified atom stereocenters. The van der Waals surface area contributed by atoms with Gasteiger partial charge >= 0.3 is 0 Å². The molecule has 1 heterocycles. The van der Waals surface area contributed by atoms with Crippen LogP contribution in [0.3, 0.4) is 0 Å². The van der Waals surface area contributed by atoms with Gasteiger partial charge in [-0.15, -0.1) is 0 Å². The quantitative estimate of drug-likeness (QED) is 0.682. The first-order valence-electron chi connectivity index (χ1n) is 9.41. The first kappa shape index (κ1) is 19.6. The van der Waals surface area contributed by atoms with Crippen LogP contribution in [0, 0.1) is 0 Å². The van der Waals surface area contributed by atoms with E-state index in [0.29, 0.717) is 5.75 Å². The third-order valence-electron chi connectivity index (χ3n) is 4.57. The smallest absolute Gasteiger partial charge is 0.258 e. The number of amides is 1. The van der Waals surface area contributed by atoms with Crippen molar-refractivity contribution in [3.05, 3.63) is 95.8 Å². The summed E-state index contributed by atoms with van der Waals surface area (Å²) in [6, 6.07) is 21.3. The molecule has 0 radical (unpaired) electrons. The highest BCUT2D eigenvalue weighted by atomic mass is 16.5. The van der Waals surface area contributed by atoms with Crippen LogP contribution in [0.1, 0.15) is 43.5 Å². The van der Waals surface area contributed by atoms with Gasteiger partial charge in [-0.05, 0) is 46.4 Å². The number of nitrogens with zero attached hydrogens (tertiary/aromatic N) is 1. The Bertz CT molecular complexity index is 846. The van der Waals surface area contributed by atoms with Crippen LogP contribution in [0.15, 0.2) is 79.1 Å². The van der Waals surface area contributed by atoms with E-state index in [-0.39, 0.29) is 24.0 Å². The fourth-order valence-electron chi connectivity index (χ4n) is 2.96. The van der Waals surface area contributed by atoms with Gasteiger partial charge < -0.3 is 10.1 Å². The van der Waals surface area contributed by atoms with Crippen LogP contribution in [-0.2, 0) is 10.2 Å². The van der Waals surface area contributed by atoms with E-state index in [9.17, 15) is 4.79 Å². The van der Waals surface area contributed by atoms with Gasteiger partial charge in [-0.25, -0.2) is 0 Å². The van der Waals surface area contributed by atoms with E-state index < -0.39 is 0 Å². The number of hydrogen-bond acceptors (Lipinski definition) is 3. The fraction of sp³-hybridized carbons (Fsp3) is 0.250. The van der Waals surface area contributed by atoms with Crippen molar-refractivity contribution in [1.29, 1.82) is 0 Å². The molecular weight excluding hydrogens is 348 g/mol. The van der Waals surface area contributed by atoms with Crippen molar-refractivity contribution in [3.63, 3.8) is 0 Å². The summed E-state index contributed by atoms with van der Waals surface area (Å²) in [7, 11) is 0. The molecule has 1 N–H and O–H groups in total. The number of pyridine rings is 1. The van der Waals surface area contributed by atoms with Gasteiger partial charge in [0, 0.05) is 12.4 Å². The average molecular weight is 374 g/mol. The number of benzene rings is 2. The van der Waals surface area contributed by atoms with Crippen molar-refractivity contribution in [2.24, 2.45) is 0 Å². The lowest BCUT2D eigenvalue weighted by Crippen LogP contribution is -2.33. The molecule has 28 heavy (non-hydrogen) atoms. The summed E-state index contributed by atoms with van der Waals surface area (Å²) < 4.78 is 5.68. The second-order valence-corrected chi connectivity index (χ2v) is 7.75. The van der Waals surface area contributed by atoms with E-state index in [1.807, 2.05) is 66.7 Å². The molecule has 0 saturated carbocycles. The molecule has 3 aromatic rings. The summed E-state index contributed by atoms with van der Waals surface area (Å²) in [6.45, 7) is 6.46. The van der Waals surface area contributed by atoms with Crippen molar-refractivity contribution in [2.75, 3.05) is 6.61 Å². The van der Waals surface area contributed by atoms with Gasteiger partial charge in [-0.1, -0.05) is 63.2 Å². The molecular formula is C24H26N2O2. The second kappa shape index (κ2) is 8.70. The molecule has 0 aliphatic rings. The van der Waals surface area contributed by atoms with Gasteiger partial charge in [0.15, 0.2) is 6.61 Å². The molecule has 4 heteroatoms. The number of ether oxygens (including phenoxy) is 1. The molecule has 144 valence electrons. The molecule has 0 saturated heterocycles. The van der Waals surface area contributed by atoms with Crippen LogP contribution in [0.2, 0.25) is 0 Å². The summed E-state index contributed by atoms with van der Waals surface area (Å²) in [4.78, 5) is 16.6. The standard InChI is InChI=1S/C24H26N2O2/c1-24(2,3)20-9-11-21(12-10-20)28-17-22(27)26-23(18-7-5-4-6-8-18)19-13-15-25-16-14-19/h4-16,23H,17H2,1-3H3,(H,26,27). The molecule has 1 aromatic heterocycles. The van der Waals surface area contributed by atoms with Crippen LogP contribution in [0.5, 0.6) is 5.75 Å². The molecule has 3 rings (SSSR count). The predicted octanol–water partition coefficient (Wildman–Crippen LogP) is 4.66. The van der Waals surface area contributed by atoms with E-state index >= 15 is 0 Å². The Morgan fingerprint density at radius 3 is 2.14 bits per heavy atom. The number of aromatic nitrogens is 1. The van der Waals surface area contributed by atoms with Crippen LogP contribution in [-0.4, -0.2) is 17.5 Å². The summed E-state index contributed by atoms with van der Waals surface area (Å²) in [5.41, 5.74) is 3.30. The van der Waals surface area contributed by atoms with Crippen LogP contribution in [0.4, 0.5) is 0 Å². The number of nitrogens with one attached hydrogen (secondary N) is 1. The third kappa shape index (κ3) is 5.19. The molecule has 0 fully saturated rings. The van der Waals surface area contributed by atoms with Crippen molar-refractivity contribution in [3.8, 4) is 5.75 Å². The topological polar surface area (TPSA) is 51.2 Å². The molecule has 2 aromatic carbocycles. The highest BCUT2D eigenvalue weighted by Crippen LogP contribution is 2.24. The summed E-state index contributed by atoms with van der Waals surface area (Å²) in [5.74, 6) is 0.508. The van der Waals surface area contributed by atoms with E-state index in [0.717, 1.165) is 11.1 Å². The summed E-state index contributed by atoms with van der Waals surface area (Å²) in [5, 5.41) is 3.06. The Labute approximate surface area is 166 Å². The van der Waals surface area contributed by atoms with Gasteiger partial charge in [-0.2, -0.15) is 0 Å². The third-order valence-corrected chi connectivity index (χ3v) is 4.57. The largest absolute Gasteiger partial charge is 0.484 e. The van der Waals surface area contributed by atoms with Crippen molar-refractivity contribution in [2.45, 2.75) is 32.2 Å². The van der Waals surface area contributed by atoms with Gasteiger partial charge in [0.05, 0.1) is 6.04 Å². The molecule has 1 atom stereocenters. The zero-order chi connectivity index (χ0) is 20.0. The van der Waals surface area contributed by atoms with E-state index in [1.54, 1.807) is 12.4 Å². The fourth-order valence-corrected chi connectivity index (χ4v) is 2.96. The number of rotatable bonds is 6. The van der Waals surface area contributed by atoms with Crippen molar-refractivity contribution >= 4 is 5.91 Å². The maximum Gasteiger partial charge on any atom is 0.258 e. The number of carbonyl (C=O) groups is 1. The molecule has 0 bridgehead atoms. The van der Waals surface area contributed by atoms with E-state index in [4.69, 9.17) is 4.74 Å². The van der Waals surface area contributed by atoms with E-state index in [1.165, 1.54) is 5.56 Å². The monoisotopic (exact) mass is 374 g/mol. The summed E-state index contributed by atoms with van der Waals surface area (Å²) >= 11 is 0. The Hall–Kier alpha value is -3.14. The minimum atomic E-state index is -0.247. The molecule has 1 amide bonds. The van der Waals surface area contributed by atoms with Gasteiger partial charge in [0.1, 0.15) is 5.75 Å². The minimum absolute atomic E-state index is 0.0384. The van der Waals surface area contributed by atoms with Crippen molar-refractivity contribution < 1.29 is 9.53 Å². The Balaban J connectivity index is 1.66. The molecule has 0 aliphatic heterocycles. The highest BCUT2D eigenvalue weighted by Gasteiger charge is 2.17. The number of hydrogen-bond donors (Lipinski definition) is 1. The zero-order valence-electron chi connectivity index (χ0n) is 16.6. The lowest BCUT2D eigenvalue weighted by molar-refractivity contribution is -0.123. The second-order valence-electron chi connectivity index (χ2n) is 7.75. The zero-order valence-corrected chi connectivity index (χ0v) is 16.6. The van der Waals surface area contributed by atoms with Crippen LogP contribution < -0.4 is 10.1 Å². The van der Waals surface area contributed by atoms with Gasteiger partial charge in [-0.3, -0.25) is 9.78 Å². The van der Waals surface area contributed by atoms with Crippen LogP contribution >= 0.6 is 0 Å². The SMILES string of the molecule is CC(C)(C)c1ccc(OCC(=O)NC(c2ccccc2)c2ccncc2)cc1. The van der Waals surface area contributed by atoms with E-state index in [2.05, 4.69) is 31.1 Å². The summed E-state index contributed by atoms with van der Waals surface area (Å²) in [6.07, 6.45) is 3.45. The van der Waals surface area contributed by atoms with Gasteiger partial charge in [0.2, 0.25) is 0 Å². The number of carbonyl (C=O) groups excluding carboxylic acids is 1. The lowest BCUT2D eigenvalue weighted by Gasteiger charge is -2.20. The lowest BCUT2D eigenvalue weighted by atomic mass is 9.87. The molecule has 4 nitrogen and oxygen atoms in total. The maximum absolute atomic E-state index is 12.5. The predicted molar refractivity (Wildman–Crippen MR) is 111 cm³/mol.